The molecule has 0 fully saturated rings. The number of benzene rings is 2. The van der Waals surface area contributed by atoms with E-state index in [0.717, 1.165) is 11.1 Å². The van der Waals surface area contributed by atoms with E-state index in [4.69, 9.17) is 10.5 Å². The van der Waals surface area contributed by atoms with Gasteiger partial charge in [0.25, 0.3) is 5.91 Å². The molecule has 2 aromatic rings. The van der Waals surface area contributed by atoms with Gasteiger partial charge in [-0.2, -0.15) is 15.8 Å². The first-order valence-corrected chi connectivity index (χ1v) is 7.69. The van der Waals surface area contributed by atoms with E-state index in [0.29, 0.717) is 11.4 Å². The third kappa shape index (κ3) is 4.06. The molecule has 26 heavy (non-hydrogen) atoms. The van der Waals surface area contributed by atoms with Crippen LogP contribution < -0.4 is 10.6 Å². The van der Waals surface area contributed by atoms with Gasteiger partial charge < -0.3 is 10.6 Å². The first-order valence-electron chi connectivity index (χ1n) is 7.69. The molecule has 1 amide bonds. The minimum Gasteiger partial charge on any atom is -0.344 e. The number of carbonyl (C=O) groups excluding carboxylic acids is 1. The van der Waals surface area contributed by atoms with Crippen LogP contribution in [0.5, 0.6) is 0 Å². The minimum absolute atomic E-state index is 0.206. The molecule has 6 heteroatoms. The molecule has 0 bridgehead atoms. The van der Waals surface area contributed by atoms with E-state index in [1.54, 1.807) is 42.5 Å². The molecule has 0 atom stereocenters. The van der Waals surface area contributed by atoms with Crippen molar-refractivity contribution in [1.29, 1.82) is 15.8 Å². The van der Waals surface area contributed by atoms with Crippen LogP contribution in [0.2, 0.25) is 0 Å². The molecule has 2 aromatic carbocycles. The van der Waals surface area contributed by atoms with Gasteiger partial charge in [-0.1, -0.05) is 24.3 Å². The number of amides is 1. The van der Waals surface area contributed by atoms with Crippen LogP contribution in [0.15, 0.2) is 53.7 Å². The highest BCUT2D eigenvalue weighted by Crippen LogP contribution is 2.22. The SMILES string of the molecule is Cc1ccc(C)c(NC(=O)c2ccccc2NC(C#N)=C(C#N)C#N)c1. The molecular weight excluding hydrogens is 326 g/mol. The summed E-state index contributed by atoms with van der Waals surface area (Å²) in [7, 11) is 0. The van der Waals surface area contributed by atoms with E-state index >= 15 is 0 Å². The lowest BCUT2D eigenvalue weighted by atomic mass is 10.1. The van der Waals surface area contributed by atoms with Crippen LogP contribution in [0.25, 0.3) is 0 Å². The average Bonchev–Trinajstić information content (AvgIpc) is 2.65. The molecular formula is C20H15N5O. The molecule has 0 aliphatic rings. The lowest BCUT2D eigenvalue weighted by Crippen LogP contribution is -2.15. The third-order valence-electron chi connectivity index (χ3n) is 3.66. The Hall–Kier alpha value is -4.08. The molecule has 0 aromatic heterocycles. The van der Waals surface area contributed by atoms with Crippen molar-refractivity contribution >= 4 is 17.3 Å². The molecule has 0 heterocycles. The van der Waals surface area contributed by atoms with Crippen LogP contribution in [0.3, 0.4) is 0 Å². The largest absolute Gasteiger partial charge is 0.344 e. The zero-order valence-electron chi connectivity index (χ0n) is 14.3. The number of anilines is 2. The fourth-order valence-electron chi connectivity index (χ4n) is 2.27. The van der Waals surface area contributed by atoms with Gasteiger partial charge in [-0.05, 0) is 43.2 Å². The fourth-order valence-corrected chi connectivity index (χ4v) is 2.27. The summed E-state index contributed by atoms with van der Waals surface area (Å²) in [5.74, 6) is -0.366. The second kappa shape index (κ2) is 8.15. The van der Waals surface area contributed by atoms with Gasteiger partial charge in [0.1, 0.15) is 23.9 Å². The normalized spacial score (nSPS) is 9.19. The molecule has 0 spiro atoms. The van der Waals surface area contributed by atoms with E-state index in [2.05, 4.69) is 10.6 Å². The number of carbonyl (C=O) groups is 1. The summed E-state index contributed by atoms with van der Waals surface area (Å²) in [6.07, 6.45) is 0. The average molecular weight is 341 g/mol. The smallest absolute Gasteiger partial charge is 0.257 e. The van der Waals surface area contributed by atoms with Crippen LogP contribution in [-0.2, 0) is 0 Å². The number of allylic oxidation sites excluding steroid dienone is 2. The number of nitrogens with one attached hydrogen (secondary N) is 2. The van der Waals surface area contributed by atoms with Crippen molar-refractivity contribution in [3.05, 3.63) is 70.4 Å². The number of para-hydroxylation sites is 1. The standard InChI is InChI=1S/C20H15N5O/c1-13-7-8-14(2)18(9-13)25-20(26)16-5-3-4-6-17(16)24-19(12-23)15(10-21)11-22/h3-9,24H,1-2H3,(H,25,26). The Kier molecular flexibility index (Phi) is 5.72. The highest BCUT2D eigenvalue weighted by atomic mass is 16.1. The summed E-state index contributed by atoms with van der Waals surface area (Å²) in [4.78, 5) is 12.7. The van der Waals surface area contributed by atoms with Crippen molar-refractivity contribution in [3.63, 3.8) is 0 Å². The molecule has 2 N–H and O–H groups in total. The van der Waals surface area contributed by atoms with Crippen molar-refractivity contribution in [2.75, 3.05) is 10.6 Å². The van der Waals surface area contributed by atoms with E-state index in [1.165, 1.54) is 0 Å². The van der Waals surface area contributed by atoms with E-state index in [9.17, 15) is 10.1 Å². The second-order valence-electron chi connectivity index (χ2n) is 5.53. The number of nitrogens with zero attached hydrogens (tertiary/aromatic N) is 3. The quantitative estimate of drug-likeness (QED) is 0.821. The zero-order valence-corrected chi connectivity index (χ0v) is 14.3. The summed E-state index contributed by atoms with van der Waals surface area (Å²) in [6, 6.07) is 17.4. The molecule has 0 saturated heterocycles. The Morgan fingerprint density at radius 2 is 1.58 bits per heavy atom. The van der Waals surface area contributed by atoms with Gasteiger partial charge in [-0.15, -0.1) is 0 Å². The minimum atomic E-state index is -0.366. The van der Waals surface area contributed by atoms with Gasteiger partial charge in [0.15, 0.2) is 5.57 Å². The van der Waals surface area contributed by atoms with Crippen LogP contribution in [0.4, 0.5) is 11.4 Å². The number of hydrogen-bond donors (Lipinski definition) is 2. The maximum Gasteiger partial charge on any atom is 0.257 e. The summed E-state index contributed by atoms with van der Waals surface area (Å²) >= 11 is 0. The number of rotatable bonds is 4. The van der Waals surface area contributed by atoms with E-state index < -0.39 is 0 Å². The third-order valence-corrected chi connectivity index (χ3v) is 3.66. The first kappa shape index (κ1) is 18.3. The Labute approximate surface area is 151 Å². The molecule has 0 aliphatic carbocycles. The molecule has 0 aliphatic heterocycles. The lowest BCUT2D eigenvalue weighted by Gasteiger charge is -2.13. The Morgan fingerprint density at radius 1 is 0.885 bits per heavy atom. The van der Waals surface area contributed by atoms with Crippen molar-refractivity contribution in [3.8, 4) is 18.2 Å². The molecule has 126 valence electrons. The van der Waals surface area contributed by atoms with Crippen molar-refractivity contribution < 1.29 is 4.79 Å². The van der Waals surface area contributed by atoms with Gasteiger partial charge >= 0.3 is 0 Å². The van der Waals surface area contributed by atoms with Gasteiger partial charge in [-0.3, -0.25) is 4.79 Å². The maximum atomic E-state index is 12.7. The number of aryl methyl sites for hydroxylation is 2. The first-order chi connectivity index (χ1) is 12.5. The predicted molar refractivity (Wildman–Crippen MR) is 97.8 cm³/mol. The van der Waals surface area contributed by atoms with Gasteiger partial charge in [0.2, 0.25) is 0 Å². The molecule has 0 radical (unpaired) electrons. The molecule has 0 unspecified atom stereocenters. The summed E-state index contributed by atoms with van der Waals surface area (Å²) in [5, 5.41) is 32.6. The Balaban J connectivity index is 2.38. The highest BCUT2D eigenvalue weighted by Gasteiger charge is 2.15. The lowest BCUT2D eigenvalue weighted by molar-refractivity contribution is 0.102. The van der Waals surface area contributed by atoms with Gasteiger partial charge in [-0.25, -0.2) is 0 Å². The zero-order chi connectivity index (χ0) is 19.1. The van der Waals surface area contributed by atoms with Crippen LogP contribution in [-0.4, -0.2) is 5.91 Å². The summed E-state index contributed by atoms with van der Waals surface area (Å²) in [5.41, 5.74) is 2.68. The Bertz CT molecular complexity index is 1000. The van der Waals surface area contributed by atoms with Crippen LogP contribution in [0, 0.1) is 47.8 Å². The van der Waals surface area contributed by atoms with Crippen molar-refractivity contribution in [2.45, 2.75) is 13.8 Å². The predicted octanol–water partition coefficient (Wildman–Crippen LogP) is 3.79. The monoisotopic (exact) mass is 341 g/mol. The van der Waals surface area contributed by atoms with Gasteiger partial charge in [0.05, 0.1) is 11.3 Å². The van der Waals surface area contributed by atoms with Crippen LogP contribution >= 0.6 is 0 Å². The van der Waals surface area contributed by atoms with Crippen LogP contribution in [0.1, 0.15) is 21.5 Å². The number of hydrogen-bond acceptors (Lipinski definition) is 5. The van der Waals surface area contributed by atoms with E-state index in [-0.39, 0.29) is 22.7 Å². The molecule has 6 nitrogen and oxygen atoms in total. The Morgan fingerprint density at radius 3 is 2.23 bits per heavy atom. The number of nitriles is 3. The van der Waals surface area contributed by atoms with Crippen molar-refractivity contribution in [2.24, 2.45) is 0 Å². The fraction of sp³-hybridized carbons (Fsp3) is 0.100. The highest BCUT2D eigenvalue weighted by molar-refractivity contribution is 6.08. The maximum absolute atomic E-state index is 12.7. The van der Waals surface area contributed by atoms with Gasteiger partial charge in [0, 0.05) is 5.69 Å². The summed E-state index contributed by atoms with van der Waals surface area (Å²) in [6.45, 7) is 3.82. The molecule has 2 rings (SSSR count). The topological polar surface area (TPSA) is 112 Å². The second-order valence-corrected chi connectivity index (χ2v) is 5.53. The molecule has 0 saturated carbocycles. The van der Waals surface area contributed by atoms with Crippen molar-refractivity contribution in [1.82, 2.24) is 0 Å². The van der Waals surface area contributed by atoms with E-state index in [1.807, 2.05) is 32.0 Å². The summed E-state index contributed by atoms with van der Waals surface area (Å²) < 4.78 is 0.